The van der Waals surface area contributed by atoms with Gasteiger partial charge in [0.1, 0.15) is 6.04 Å². The molecule has 5 nitrogen and oxygen atoms in total. The van der Waals surface area contributed by atoms with Crippen molar-refractivity contribution < 1.29 is 14.7 Å². The van der Waals surface area contributed by atoms with Crippen LogP contribution in [0.5, 0.6) is 0 Å². The first-order chi connectivity index (χ1) is 11.0. The monoisotopic (exact) mass is 308 g/mol. The summed E-state index contributed by atoms with van der Waals surface area (Å²) in [7, 11) is 0. The van der Waals surface area contributed by atoms with Crippen LogP contribution in [0.1, 0.15) is 24.2 Å². The molecule has 1 aromatic carbocycles. The van der Waals surface area contributed by atoms with Crippen molar-refractivity contribution in [3.8, 4) is 0 Å². The van der Waals surface area contributed by atoms with Crippen LogP contribution >= 0.6 is 0 Å². The van der Waals surface area contributed by atoms with Gasteiger partial charge in [-0.2, -0.15) is 0 Å². The minimum absolute atomic E-state index is 0.0780. The normalized spacial score (nSPS) is 17.7. The average Bonchev–Trinajstić information content (AvgIpc) is 2.81. The van der Waals surface area contributed by atoms with Crippen LogP contribution in [-0.2, 0) is 9.59 Å². The number of amides is 1. The van der Waals surface area contributed by atoms with Crippen LogP contribution in [0.3, 0.4) is 0 Å². The molecule has 116 valence electrons. The molecule has 1 aliphatic rings. The van der Waals surface area contributed by atoms with Gasteiger partial charge in [0.15, 0.2) is 11.5 Å². The van der Waals surface area contributed by atoms with Gasteiger partial charge in [-0.1, -0.05) is 23.8 Å². The molecule has 0 radical (unpaired) electrons. The molecular weight excluding hydrogens is 292 g/mol. The van der Waals surface area contributed by atoms with E-state index in [-0.39, 0.29) is 11.4 Å². The van der Waals surface area contributed by atoms with Gasteiger partial charge in [-0.25, -0.2) is 0 Å². The van der Waals surface area contributed by atoms with Crippen LogP contribution in [0.15, 0.2) is 60.0 Å². The summed E-state index contributed by atoms with van der Waals surface area (Å²) in [6.45, 7) is 3.29. The fourth-order valence-electron chi connectivity index (χ4n) is 2.75. The zero-order valence-electron chi connectivity index (χ0n) is 12.9. The van der Waals surface area contributed by atoms with Crippen molar-refractivity contribution in [2.45, 2.75) is 19.9 Å². The fourth-order valence-corrected chi connectivity index (χ4v) is 2.75. The Balaban J connectivity index is 2.16. The van der Waals surface area contributed by atoms with Crippen molar-refractivity contribution in [2.75, 3.05) is 4.90 Å². The van der Waals surface area contributed by atoms with E-state index in [0.717, 1.165) is 5.56 Å². The molecule has 5 heteroatoms. The van der Waals surface area contributed by atoms with Gasteiger partial charge in [0.05, 0.1) is 11.3 Å². The maximum Gasteiger partial charge on any atom is 0.294 e. The van der Waals surface area contributed by atoms with E-state index < -0.39 is 17.7 Å². The molecular formula is C18H16N2O3. The van der Waals surface area contributed by atoms with Crippen LogP contribution in [0.2, 0.25) is 0 Å². The van der Waals surface area contributed by atoms with Gasteiger partial charge in [-0.3, -0.25) is 19.5 Å². The highest BCUT2D eigenvalue weighted by Crippen LogP contribution is 2.39. The van der Waals surface area contributed by atoms with Crippen molar-refractivity contribution in [1.29, 1.82) is 0 Å². The Kier molecular flexibility index (Phi) is 3.70. The number of aliphatic hydroxyl groups is 1. The maximum atomic E-state index is 12.5. The van der Waals surface area contributed by atoms with Crippen LogP contribution in [-0.4, -0.2) is 21.8 Å². The molecule has 1 aliphatic heterocycles. The smallest absolute Gasteiger partial charge is 0.294 e. The summed E-state index contributed by atoms with van der Waals surface area (Å²) in [5.41, 5.74) is 2.28. The number of carbonyl (C=O) groups is 2. The predicted molar refractivity (Wildman–Crippen MR) is 86.0 cm³/mol. The molecule has 0 fully saturated rings. The molecule has 1 amide bonds. The van der Waals surface area contributed by atoms with E-state index >= 15 is 0 Å². The highest BCUT2D eigenvalue weighted by molar-refractivity contribution is 6.15. The van der Waals surface area contributed by atoms with E-state index in [1.54, 1.807) is 36.5 Å². The highest BCUT2D eigenvalue weighted by atomic mass is 16.3. The Morgan fingerprint density at radius 3 is 2.43 bits per heavy atom. The highest BCUT2D eigenvalue weighted by Gasteiger charge is 2.43. The van der Waals surface area contributed by atoms with Crippen LogP contribution in [0, 0.1) is 6.92 Å². The quantitative estimate of drug-likeness (QED) is 0.946. The summed E-state index contributed by atoms with van der Waals surface area (Å²) in [6.07, 6.45) is 1.60. The van der Waals surface area contributed by atoms with Crippen LogP contribution in [0.4, 0.5) is 5.69 Å². The largest absolute Gasteiger partial charge is 0.503 e. The third kappa shape index (κ3) is 2.50. The molecule has 2 heterocycles. The van der Waals surface area contributed by atoms with Gasteiger partial charge in [0.2, 0.25) is 0 Å². The lowest BCUT2D eigenvalue weighted by atomic mass is 10.0. The summed E-state index contributed by atoms with van der Waals surface area (Å²) >= 11 is 0. The van der Waals surface area contributed by atoms with Gasteiger partial charge < -0.3 is 5.11 Å². The topological polar surface area (TPSA) is 70.5 Å². The number of ketones is 1. The number of aliphatic hydroxyl groups excluding tert-OH is 1. The Morgan fingerprint density at radius 1 is 1.17 bits per heavy atom. The van der Waals surface area contributed by atoms with E-state index in [1.807, 2.05) is 19.1 Å². The van der Waals surface area contributed by atoms with Gasteiger partial charge in [0.25, 0.3) is 5.91 Å². The lowest BCUT2D eigenvalue weighted by molar-refractivity contribution is -0.117. The molecule has 0 saturated carbocycles. The van der Waals surface area contributed by atoms with Gasteiger partial charge in [-0.05, 0) is 38.1 Å². The minimum Gasteiger partial charge on any atom is -0.503 e. The summed E-state index contributed by atoms with van der Waals surface area (Å²) in [6, 6.07) is 11.9. The number of benzene rings is 1. The Bertz CT molecular complexity index is 795. The maximum absolute atomic E-state index is 12.5. The number of Topliss-reactive ketones (excluding diaryl/α,β-unsaturated/α-hetero) is 1. The van der Waals surface area contributed by atoms with Gasteiger partial charge in [0, 0.05) is 11.9 Å². The van der Waals surface area contributed by atoms with Crippen molar-refractivity contribution in [2.24, 2.45) is 0 Å². The SMILES string of the molecule is CC(=O)C1=C(O)C(=O)N(c2ccc(C)cc2)[C@H]1c1ccccn1. The summed E-state index contributed by atoms with van der Waals surface area (Å²) in [4.78, 5) is 30.2. The van der Waals surface area contributed by atoms with Crippen molar-refractivity contribution >= 4 is 17.4 Å². The lowest BCUT2D eigenvalue weighted by Crippen LogP contribution is -2.31. The first kappa shape index (κ1) is 15.0. The zero-order valence-corrected chi connectivity index (χ0v) is 12.9. The number of carbonyl (C=O) groups excluding carboxylic acids is 2. The van der Waals surface area contributed by atoms with Crippen LogP contribution < -0.4 is 4.90 Å². The van der Waals surface area contributed by atoms with E-state index in [2.05, 4.69) is 4.98 Å². The molecule has 0 bridgehead atoms. The van der Waals surface area contributed by atoms with E-state index in [9.17, 15) is 14.7 Å². The first-order valence-electron chi connectivity index (χ1n) is 7.26. The molecule has 1 N–H and O–H groups in total. The predicted octanol–water partition coefficient (Wildman–Crippen LogP) is 2.88. The summed E-state index contributed by atoms with van der Waals surface area (Å²) < 4.78 is 0. The molecule has 0 saturated heterocycles. The molecule has 23 heavy (non-hydrogen) atoms. The second-order valence-corrected chi connectivity index (χ2v) is 5.49. The Hall–Kier alpha value is -2.95. The summed E-state index contributed by atoms with van der Waals surface area (Å²) in [5, 5.41) is 10.2. The number of aromatic nitrogens is 1. The number of hydrogen-bond donors (Lipinski definition) is 1. The Labute approximate surface area is 133 Å². The summed E-state index contributed by atoms with van der Waals surface area (Å²) in [5.74, 6) is -1.44. The van der Waals surface area contributed by atoms with Crippen LogP contribution in [0.25, 0.3) is 0 Å². The minimum atomic E-state index is -0.719. The fraction of sp³-hybridized carbons (Fsp3) is 0.167. The molecule has 2 aromatic rings. The zero-order chi connectivity index (χ0) is 16.6. The first-order valence-corrected chi connectivity index (χ1v) is 7.26. The third-order valence-corrected chi connectivity index (χ3v) is 3.87. The number of rotatable bonds is 3. The Morgan fingerprint density at radius 2 is 1.87 bits per heavy atom. The number of pyridine rings is 1. The van der Waals surface area contributed by atoms with Crippen molar-refractivity contribution in [1.82, 2.24) is 4.98 Å². The second kappa shape index (κ2) is 5.68. The second-order valence-electron chi connectivity index (χ2n) is 5.49. The number of hydrogen-bond acceptors (Lipinski definition) is 4. The molecule has 0 aliphatic carbocycles. The lowest BCUT2D eigenvalue weighted by Gasteiger charge is -2.25. The van der Waals surface area contributed by atoms with Crippen molar-refractivity contribution in [3.05, 3.63) is 71.3 Å². The molecule has 0 spiro atoms. The standard InChI is InChI=1S/C18H16N2O3/c1-11-6-8-13(9-7-11)20-16(14-5-3-4-10-19-14)15(12(2)21)17(22)18(20)23/h3-10,16,22H,1-2H3/t16-/m0/s1. The van der Waals surface area contributed by atoms with Crippen molar-refractivity contribution in [3.63, 3.8) is 0 Å². The number of nitrogens with zero attached hydrogens (tertiary/aromatic N) is 2. The van der Waals surface area contributed by atoms with Gasteiger partial charge in [-0.15, -0.1) is 0 Å². The number of aryl methyl sites for hydroxylation is 1. The average molecular weight is 308 g/mol. The van der Waals surface area contributed by atoms with E-state index in [4.69, 9.17) is 0 Å². The van der Waals surface area contributed by atoms with Gasteiger partial charge >= 0.3 is 0 Å². The van der Waals surface area contributed by atoms with E-state index in [0.29, 0.717) is 11.4 Å². The molecule has 1 aromatic heterocycles. The third-order valence-electron chi connectivity index (χ3n) is 3.87. The molecule has 3 rings (SSSR count). The number of anilines is 1. The molecule has 0 unspecified atom stereocenters. The molecule has 1 atom stereocenters. The van der Waals surface area contributed by atoms with E-state index in [1.165, 1.54) is 11.8 Å².